The van der Waals surface area contributed by atoms with Gasteiger partial charge in [0.2, 0.25) is 5.95 Å². The van der Waals surface area contributed by atoms with Crippen LogP contribution in [0, 0.1) is 5.82 Å². The first-order valence-electron chi connectivity index (χ1n) is 9.39. The van der Waals surface area contributed by atoms with E-state index in [1.807, 2.05) is 26.0 Å². The number of hydrogen-bond acceptors (Lipinski definition) is 5. The van der Waals surface area contributed by atoms with Crippen LogP contribution in [-0.2, 0) is 6.42 Å². The molecule has 7 heteroatoms. The predicted molar refractivity (Wildman–Crippen MR) is 111 cm³/mol. The Hall–Kier alpha value is -3.48. The van der Waals surface area contributed by atoms with Gasteiger partial charge in [-0.1, -0.05) is 30.3 Å². The van der Waals surface area contributed by atoms with Crippen LogP contribution in [0.2, 0.25) is 0 Å². The number of benzene rings is 2. The first kappa shape index (κ1) is 20.3. The van der Waals surface area contributed by atoms with E-state index in [1.165, 1.54) is 18.5 Å². The molecule has 0 spiro atoms. The molecule has 150 valence electrons. The van der Waals surface area contributed by atoms with Crippen molar-refractivity contribution in [3.63, 3.8) is 0 Å². The van der Waals surface area contributed by atoms with Gasteiger partial charge in [-0.3, -0.25) is 4.79 Å². The van der Waals surface area contributed by atoms with Crippen LogP contribution in [0.3, 0.4) is 0 Å². The van der Waals surface area contributed by atoms with Crippen molar-refractivity contribution < 1.29 is 13.9 Å². The highest BCUT2D eigenvalue weighted by molar-refractivity contribution is 6.04. The van der Waals surface area contributed by atoms with Crippen LogP contribution in [0.4, 0.5) is 16.0 Å². The van der Waals surface area contributed by atoms with E-state index in [-0.39, 0.29) is 17.8 Å². The maximum absolute atomic E-state index is 13.6. The largest absolute Gasteiger partial charge is 0.489 e. The monoisotopic (exact) mass is 394 g/mol. The van der Waals surface area contributed by atoms with Gasteiger partial charge in [0, 0.05) is 18.9 Å². The summed E-state index contributed by atoms with van der Waals surface area (Å²) < 4.78 is 19.3. The van der Waals surface area contributed by atoms with E-state index in [2.05, 4.69) is 20.6 Å². The van der Waals surface area contributed by atoms with Gasteiger partial charge in [-0.05, 0) is 44.0 Å². The van der Waals surface area contributed by atoms with Crippen LogP contribution < -0.4 is 15.4 Å². The average Bonchev–Trinajstić information content (AvgIpc) is 2.71. The second kappa shape index (κ2) is 9.64. The minimum atomic E-state index is -0.331. The van der Waals surface area contributed by atoms with Crippen LogP contribution in [-0.4, -0.2) is 28.5 Å². The molecule has 0 atom stereocenters. The Morgan fingerprint density at radius 3 is 2.48 bits per heavy atom. The third-order valence-corrected chi connectivity index (χ3v) is 4.05. The van der Waals surface area contributed by atoms with E-state index < -0.39 is 0 Å². The van der Waals surface area contributed by atoms with E-state index in [9.17, 15) is 9.18 Å². The van der Waals surface area contributed by atoms with Crippen molar-refractivity contribution in [2.75, 3.05) is 17.2 Å². The molecule has 1 amide bonds. The molecule has 0 aliphatic carbocycles. The highest BCUT2D eigenvalue weighted by Crippen LogP contribution is 2.25. The van der Waals surface area contributed by atoms with Crippen molar-refractivity contribution in [1.29, 1.82) is 0 Å². The number of amides is 1. The Morgan fingerprint density at radius 1 is 1.07 bits per heavy atom. The molecule has 0 bridgehead atoms. The van der Waals surface area contributed by atoms with Crippen molar-refractivity contribution in [2.45, 2.75) is 26.4 Å². The van der Waals surface area contributed by atoms with Crippen molar-refractivity contribution >= 4 is 17.5 Å². The average molecular weight is 394 g/mol. The van der Waals surface area contributed by atoms with Crippen LogP contribution in [0.5, 0.6) is 5.75 Å². The summed E-state index contributed by atoms with van der Waals surface area (Å²) in [5, 5.41) is 5.84. The molecular weight excluding hydrogens is 371 g/mol. The molecule has 0 saturated heterocycles. The van der Waals surface area contributed by atoms with E-state index in [4.69, 9.17) is 4.74 Å². The molecule has 2 N–H and O–H groups in total. The molecule has 1 heterocycles. The van der Waals surface area contributed by atoms with E-state index in [0.717, 1.165) is 0 Å². The molecule has 3 rings (SSSR count). The minimum absolute atomic E-state index is 0.00824. The number of hydrogen-bond donors (Lipinski definition) is 2. The summed E-state index contributed by atoms with van der Waals surface area (Å²) in [4.78, 5) is 20.8. The Kier molecular flexibility index (Phi) is 6.73. The highest BCUT2D eigenvalue weighted by Gasteiger charge is 2.12. The molecule has 29 heavy (non-hydrogen) atoms. The Balaban J connectivity index is 1.57. The third-order valence-electron chi connectivity index (χ3n) is 4.05. The van der Waals surface area contributed by atoms with Crippen LogP contribution in [0.15, 0.2) is 60.9 Å². The molecule has 2 aromatic carbocycles. The molecule has 1 aromatic heterocycles. The topological polar surface area (TPSA) is 76.1 Å². The summed E-state index contributed by atoms with van der Waals surface area (Å²) in [5.74, 6) is 0.413. The van der Waals surface area contributed by atoms with Gasteiger partial charge >= 0.3 is 0 Å². The standard InChI is InChI=1S/C22H23FN4O2/c1-15(2)29-20-10-6-5-9-19(20)27-21(28)17-13-25-22(26-14-17)24-12-11-16-7-3-4-8-18(16)23/h3-10,13-15H,11-12H2,1-2H3,(H,27,28)(H,24,25,26). The summed E-state index contributed by atoms with van der Waals surface area (Å²) in [7, 11) is 0. The first-order chi connectivity index (χ1) is 14.0. The zero-order chi connectivity index (χ0) is 20.6. The SMILES string of the molecule is CC(C)Oc1ccccc1NC(=O)c1cnc(NCCc2ccccc2F)nc1. The number of halogens is 1. The van der Waals surface area contributed by atoms with Gasteiger partial charge in [0.05, 0.1) is 17.4 Å². The van der Waals surface area contributed by atoms with Gasteiger partial charge in [0.25, 0.3) is 5.91 Å². The molecule has 0 aliphatic heterocycles. The zero-order valence-corrected chi connectivity index (χ0v) is 16.4. The lowest BCUT2D eigenvalue weighted by Gasteiger charge is -2.14. The van der Waals surface area contributed by atoms with Crippen molar-refractivity contribution in [3.8, 4) is 5.75 Å². The minimum Gasteiger partial charge on any atom is -0.489 e. The molecule has 0 fully saturated rings. The zero-order valence-electron chi connectivity index (χ0n) is 16.4. The van der Waals surface area contributed by atoms with Crippen LogP contribution in [0.25, 0.3) is 0 Å². The summed E-state index contributed by atoms with van der Waals surface area (Å²) in [5.41, 5.74) is 1.53. The van der Waals surface area contributed by atoms with Gasteiger partial charge in [-0.25, -0.2) is 14.4 Å². The molecule has 6 nitrogen and oxygen atoms in total. The summed E-state index contributed by atoms with van der Waals surface area (Å²) in [6, 6.07) is 13.9. The summed E-state index contributed by atoms with van der Waals surface area (Å²) in [6.45, 7) is 4.32. The Morgan fingerprint density at radius 2 is 1.76 bits per heavy atom. The van der Waals surface area contributed by atoms with Crippen LogP contribution in [0.1, 0.15) is 29.8 Å². The fraction of sp³-hybridized carbons (Fsp3) is 0.227. The lowest BCUT2D eigenvalue weighted by Crippen LogP contribution is -2.16. The molecular formula is C22H23FN4O2. The van der Waals surface area contributed by atoms with Gasteiger partial charge in [0.15, 0.2) is 0 Å². The lowest BCUT2D eigenvalue weighted by atomic mass is 10.1. The molecule has 0 radical (unpaired) electrons. The number of aromatic nitrogens is 2. The Labute approximate surface area is 169 Å². The van der Waals surface area contributed by atoms with Crippen molar-refractivity contribution in [2.24, 2.45) is 0 Å². The number of nitrogens with one attached hydrogen (secondary N) is 2. The van der Waals surface area contributed by atoms with E-state index in [0.29, 0.717) is 41.5 Å². The number of para-hydroxylation sites is 2. The maximum atomic E-state index is 13.6. The predicted octanol–water partition coefficient (Wildman–Crippen LogP) is 4.31. The second-order valence-electron chi connectivity index (χ2n) is 6.68. The van der Waals surface area contributed by atoms with Gasteiger partial charge in [-0.15, -0.1) is 0 Å². The number of nitrogens with zero attached hydrogens (tertiary/aromatic N) is 2. The van der Waals surface area contributed by atoms with E-state index >= 15 is 0 Å². The van der Waals surface area contributed by atoms with Crippen molar-refractivity contribution in [1.82, 2.24) is 9.97 Å². The second-order valence-corrected chi connectivity index (χ2v) is 6.68. The smallest absolute Gasteiger partial charge is 0.258 e. The van der Waals surface area contributed by atoms with E-state index in [1.54, 1.807) is 30.3 Å². The van der Waals surface area contributed by atoms with Gasteiger partial charge in [-0.2, -0.15) is 0 Å². The van der Waals surface area contributed by atoms with Crippen molar-refractivity contribution in [3.05, 3.63) is 77.9 Å². The normalized spacial score (nSPS) is 10.6. The van der Waals surface area contributed by atoms with Gasteiger partial charge in [0.1, 0.15) is 11.6 Å². The third kappa shape index (κ3) is 5.75. The summed E-state index contributed by atoms with van der Waals surface area (Å²) in [6.07, 6.45) is 3.38. The number of rotatable bonds is 8. The highest BCUT2D eigenvalue weighted by atomic mass is 19.1. The number of ether oxygens (including phenoxy) is 1. The quantitative estimate of drug-likeness (QED) is 0.595. The molecule has 0 aliphatic rings. The lowest BCUT2D eigenvalue weighted by molar-refractivity contribution is 0.102. The Bertz CT molecular complexity index is 961. The first-order valence-corrected chi connectivity index (χ1v) is 9.39. The molecule has 3 aromatic rings. The fourth-order valence-electron chi connectivity index (χ4n) is 2.67. The number of carbonyl (C=O) groups is 1. The molecule has 0 unspecified atom stereocenters. The maximum Gasteiger partial charge on any atom is 0.258 e. The summed E-state index contributed by atoms with van der Waals surface area (Å²) >= 11 is 0. The number of carbonyl (C=O) groups excluding carboxylic acids is 1. The number of anilines is 2. The molecule has 0 saturated carbocycles. The van der Waals surface area contributed by atoms with Gasteiger partial charge < -0.3 is 15.4 Å². The van der Waals surface area contributed by atoms with Crippen LogP contribution >= 0.6 is 0 Å². The fourth-order valence-corrected chi connectivity index (χ4v) is 2.67.